The maximum Gasteiger partial charge on any atom is 0.323 e. The molecule has 0 saturated heterocycles. The van der Waals surface area contributed by atoms with Gasteiger partial charge in [0.15, 0.2) is 0 Å². The van der Waals surface area contributed by atoms with Gasteiger partial charge in [-0.25, -0.2) is 4.79 Å². The summed E-state index contributed by atoms with van der Waals surface area (Å²) < 4.78 is 0. The van der Waals surface area contributed by atoms with Crippen molar-refractivity contribution in [1.82, 2.24) is 10.2 Å². The molecule has 0 aromatic heterocycles. The van der Waals surface area contributed by atoms with Crippen LogP contribution < -0.4 is 5.32 Å². The number of nitrogens with zero attached hydrogens (tertiary/aromatic N) is 1. The SMILES string of the molecule is CC(C)CC1(CNC(=O)N(C)CC(=O)O)CCCC1. The highest BCUT2D eigenvalue weighted by atomic mass is 16.4. The van der Waals surface area contributed by atoms with Gasteiger partial charge in [0, 0.05) is 13.6 Å². The van der Waals surface area contributed by atoms with Crippen molar-refractivity contribution >= 4 is 12.0 Å². The zero-order valence-corrected chi connectivity index (χ0v) is 12.2. The van der Waals surface area contributed by atoms with E-state index in [1.54, 1.807) is 0 Å². The lowest BCUT2D eigenvalue weighted by atomic mass is 9.78. The number of rotatable bonds is 6. The van der Waals surface area contributed by atoms with Crippen LogP contribution in [0.15, 0.2) is 0 Å². The number of carboxylic acids is 1. The summed E-state index contributed by atoms with van der Waals surface area (Å²) in [6, 6.07) is -0.294. The predicted octanol–water partition coefficient (Wildman–Crippen LogP) is 2.32. The van der Waals surface area contributed by atoms with Crippen LogP contribution >= 0.6 is 0 Å². The predicted molar refractivity (Wildman–Crippen MR) is 74.0 cm³/mol. The number of nitrogens with one attached hydrogen (secondary N) is 1. The van der Waals surface area contributed by atoms with E-state index in [2.05, 4.69) is 19.2 Å². The Labute approximate surface area is 115 Å². The molecule has 1 aliphatic rings. The molecule has 5 heteroatoms. The molecule has 5 nitrogen and oxygen atoms in total. The average Bonchev–Trinajstić information content (AvgIpc) is 2.73. The van der Waals surface area contributed by atoms with Crippen molar-refractivity contribution in [2.75, 3.05) is 20.1 Å². The Morgan fingerprint density at radius 1 is 1.32 bits per heavy atom. The standard InChI is InChI=1S/C14H26N2O3/c1-11(2)8-14(6-4-5-7-14)10-15-13(19)16(3)9-12(17)18/h11H,4-10H2,1-3H3,(H,15,19)(H,17,18). The molecule has 1 fully saturated rings. The lowest BCUT2D eigenvalue weighted by Crippen LogP contribution is -2.44. The van der Waals surface area contributed by atoms with Crippen molar-refractivity contribution in [2.24, 2.45) is 11.3 Å². The van der Waals surface area contributed by atoms with Gasteiger partial charge in [-0.05, 0) is 30.6 Å². The minimum Gasteiger partial charge on any atom is -0.480 e. The van der Waals surface area contributed by atoms with Crippen molar-refractivity contribution in [3.8, 4) is 0 Å². The van der Waals surface area contributed by atoms with Gasteiger partial charge in [0.05, 0.1) is 0 Å². The second-order valence-corrected chi connectivity index (χ2v) is 6.21. The van der Waals surface area contributed by atoms with Gasteiger partial charge in [-0.2, -0.15) is 0 Å². The first-order valence-corrected chi connectivity index (χ1v) is 7.05. The van der Waals surface area contributed by atoms with Crippen LogP contribution in [0.2, 0.25) is 0 Å². The molecule has 19 heavy (non-hydrogen) atoms. The summed E-state index contributed by atoms with van der Waals surface area (Å²) in [4.78, 5) is 23.6. The number of urea groups is 1. The second-order valence-electron chi connectivity index (χ2n) is 6.21. The van der Waals surface area contributed by atoms with Crippen LogP contribution in [-0.4, -0.2) is 42.1 Å². The van der Waals surface area contributed by atoms with Gasteiger partial charge < -0.3 is 15.3 Å². The van der Waals surface area contributed by atoms with E-state index in [1.807, 2.05) is 0 Å². The summed E-state index contributed by atoms with van der Waals surface area (Å²) in [7, 11) is 1.51. The Hall–Kier alpha value is -1.26. The summed E-state index contributed by atoms with van der Waals surface area (Å²) in [6.07, 6.45) is 5.90. The van der Waals surface area contributed by atoms with Crippen LogP contribution in [0.25, 0.3) is 0 Å². The fraction of sp³-hybridized carbons (Fsp3) is 0.857. The first-order chi connectivity index (χ1) is 8.84. The number of amides is 2. The van der Waals surface area contributed by atoms with Crippen LogP contribution in [0, 0.1) is 11.3 Å². The molecule has 110 valence electrons. The molecule has 0 bridgehead atoms. The van der Waals surface area contributed by atoms with Gasteiger partial charge in [0.1, 0.15) is 6.54 Å². The Morgan fingerprint density at radius 3 is 2.37 bits per heavy atom. The molecule has 0 unspecified atom stereocenters. The van der Waals surface area contributed by atoms with Gasteiger partial charge in [0.2, 0.25) is 0 Å². The van der Waals surface area contributed by atoms with E-state index in [1.165, 1.54) is 24.8 Å². The number of carbonyl (C=O) groups is 2. The van der Waals surface area contributed by atoms with Gasteiger partial charge in [0.25, 0.3) is 0 Å². The fourth-order valence-corrected chi connectivity index (χ4v) is 3.12. The van der Waals surface area contributed by atoms with Gasteiger partial charge in [-0.1, -0.05) is 26.7 Å². The maximum atomic E-state index is 11.8. The van der Waals surface area contributed by atoms with Crippen molar-refractivity contribution in [2.45, 2.75) is 46.0 Å². The summed E-state index contributed by atoms with van der Waals surface area (Å²) in [5, 5.41) is 11.6. The van der Waals surface area contributed by atoms with Crippen LogP contribution in [0.4, 0.5) is 4.79 Å². The van der Waals surface area contributed by atoms with E-state index in [4.69, 9.17) is 5.11 Å². The highest BCUT2D eigenvalue weighted by Crippen LogP contribution is 2.42. The highest BCUT2D eigenvalue weighted by Gasteiger charge is 2.34. The number of hydrogen-bond donors (Lipinski definition) is 2. The summed E-state index contributed by atoms with van der Waals surface area (Å²) >= 11 is 0. The molecular weight excluding hydrogens is 244 g/mol. The molecule has 2 N–H and O–H groups in total. The van der Waals surface area contributed by atoms with Crippen molar-refractivity contribution in [3.05, 3.63) is 0 Å². The van der Waals surface area contributed by atoms with Crippen LogP contribution in [0.3, 0.4) is 0 Å². The average molecular weight is 270 g/mol. The summed E-state index contributed by atoms with van der Waals surface area (Å²) in [6.45, 7) is 4.81. The molecule has 1 saturated carbocycles. The molecule has 0 atom stereocenters. The molecule has 0 aromatic rings. The van der Waals surface area contributed by atoms with Crippen molar-refractivity contribution < 1.29 is 14.7 Å². The Morgan fingerprint density at radius 2 is 1.89 bits per heavy atom. The second kappa shape index (κ2) is 6.78. The number of carbonyl (C=O) groups excluding carboxylic acids is 1. The number of hydrogen-bond acceptors (Lipinski definition) is 2. The smallest absolute Gasteiger partial charge is 0.323 e. The van der Waals surface area contributed by atoms with Crippen LogP contribution in [-0.2, 0) is 4.79 Å². The zero-order valence-electron chi connectivity index (χ0n) is 12.2. The van der Waals surface area contributed by atoms with Crippen LogP contribution in [0.1, 0.15) is 46.0 Å². The Balaban J connectivity index is 2.48. The largest absolute Gasteiger partial charge is 0.480 e. The summed E-state index contributed by atoms with van der Waals surface area (Å²) in [5.74, 6) is -0.373. The third-order valence-electron chi connectivity index (χ3n) is 3.84. The molecule has 0 spiro atoms. The van der Waals surface area contributed by atoms with E-state index in [-0.39, 0.29) is 18.0 Å². The van der Waals surface area contributed by atoms with Crippen molar-refractivity contribution in [1.29, 1.82) is 0 Å². The zero-order chi connectivity index (χ0) is 14.5. The number of carboxylic acid groups (broad SMARTS) is 1. The van der Waals surface area contributed by atoms with E-state index in [0.717, 1.165) is 19.3 Å². The monoisotopic (exact) mass is 270 g/mol. The number of likely N-dealkylation sites (N-methyl/N-ethyl adjacent to an activating group) is 1. The third-order valence-corrected chi connectivity index (χ3v) is 3.84. The normalized spacial score (nSPS) is 17.5. The maximum absolute atomic E-state index is 11.8. The van der Waals surface area contributed by atoms with Gasteiger partial charge in [-0.3, -0.25) is 4.79 Å². The number of aliphatic carboxylic acids is 1. The minimum atomic E-state index is -0.990. The lowest BCUT2D eigenvalue weighted by molar-refractivity contribution is -0.137. The molecule has 1 aliphatic carbocycles. The first-order valence-electron chi connectivity index (χ1n) is 7.05. The first kappa shape index (κ1) is 15.8. The molecule has 0 aliphatic heterocycles. The quantitative estimate of drug-likeness (QED) is 0.778. The molecule has 1 rings (SSSR count). The minimum absolute atomic E-state index is 0.216. The Kier molecular flexibility index (Phi) is 5.63. The topological polar surface area (TPSA) is 69.6 Å². The van der Waals surface area contributed by atoms with Crippen LogP contribution in [0.5, 0.6) is 0 Å². The van der Waals surface area contributed by atoms with E-state index >= 15 is 0 Å². The molecular formula is C14H26N2O3. The lowest BCUT2D eigenvalue weighted by Gasteiger charge is -2.32. The fourth-order valence-electron chi connectivity index (χ4n) is 3.12. The van der Waals surface area contributed by atoms with Gasteiger partial charge in [-0.15, -0.1) is 0 Å². The molecule has 0 heterocycles. The third kappa shape index (κ3) is 5.09. The van der Waals surface area contributed by atoms with Crippen molar-refractivity contribution in [3.63, 3.8) is 0 Å². The molecule has 2 amide bonds. The van der Waals surface area contributed by atoms with E-state index < -0.39 is 5.97 Å². The van der Waals surface area contributed by atoms with Gasteiger partial charge >= 0.3 is 12.0 Å². The Bertz CT molecular complexity index is 323. The van der Waals surface area contributed by atoms with E-state index in [0.29, 0.717) is 12.5 Å². The van der Waals surface area contributed by atoms with E-state index in [9.17, 15) is 9.59 Å². The molecule has 0 aromatic carbocycles. The molecule has 0 radical (unpaired) electrons. The summed E-state index contributed by atoms with van der Waals surface area (Å²) in [5.41, 5.74) is 0.216. The highest BCUT2D eigenvalue weighted by molar-refractivity contribution is 5.79.